The van der Waals surface area contributed by atoms with E-state index in [1.54, 1.807) is 7.11 Å². The first-order valence-corrected chi connectivity index (χ1v) is 11.5. The molecule has 0 bridgehead atoms. The zero-order valence-electron chi connectivity index (χ0n) is 19.2. The van der Waals surface area contributed by atoms with E-state index in [4.69, 9.17) is 9.84 Å². The monoisotopic (exact) mass is 425 g/mol. The maximum atomic E-state index is 12.7. The molecule has 7 heteroatoms. The average Bonchev–Trinajstić information content (AvgIpc) is 3.21. The van der Waals surface area contributed by atoms with Gasteiger partial charge in [0.15, 0.2) is 0 Å². The maximum absolute atomic E-state index is 12.7. The van der Waals surface area contributed by atoms with E-state index in [0.717, 1.165) is 68.3 Å². The summed E-state index contributed by atoms with van der Waals surface area (Å²) in [7, 11) is 3.88. The minimum atomic E-state index is 0.0186. The predicted molar refractivity (Wildman–Crippen MR) is 123 cm³/mol. The molecule has 7 nitrogen and oxygen atoms in total. The summed E-state index contributed by atoms with van der Waals surface area (Å²) in [5.41, 5.74) is 3.44. The highest BCUT2D eigenvalue weighted by atomic mass is 16.5. The molecular weight excluding hydrogens is 390 g/mol. The number of likely N-dealkylation sites (tertiary alicyclic amines) is 1. The molecule has 1 unspecified atom stereocenters. The Morgan fingerprint density at radius 1 is 1.23 bits per heavy atom. The van der Waals surface area contributed by atoms with Crippen LogP contribution in [0.5, 0.6) is 5.75 Å². The van der Waals surface area contributed by atoms with E-state index in [9.17, 15) is 4.79 Å². The van der Waals surface area contributed by atoms with Crippen LogP contribution >= 0.6 is 0 Å². The zero-order chi connectivity index (χ0) is 22.0. The second kappa shape index (κ2) is 9.40. The van der Waals surface area contributed by atoms with Gasteiger partial charge in [0.1, 0.15) is 11.6 Å². The third-order valence-corrected chi connectivity index (χ3v) is 6.88. The Bertz CT molecular complexity index is 913. The van der Waals surface area contributed by atoms with E-state index in [1.165, 1.54) is 5.56 Å². The molecule has 0 saturated carbocycles. The van der Waals surface area contributed by atoms with E-state index in [0.29, 0.717) is 12.5 Å². The van der Waals surface area contributed by atoms with Gasteiger partial charge in [0.25, 0.3) is 0 Å². The van der Waals surface area contributed by atoms with Crippen LogP contribution in [0.25, 0.3) is 0 Å². The molecule has 1 atom stereocenters. The van der Waals surface area contributed by atoms with E-state index in [-0.39, 0.29) is 11.8 Å². The average molecular weight is 426 g/mol. The van der Waals surface area contributed by atoms with Crippen LogP contribution in [0.3, 0.4) is 0 Å². The summed E-state index contributed by atoms with van der Waals surface area (Å²) in [5.74, 6) is 1.87. The van der Waals surface area contributed by atoms with Gasteiger partial charge in [0.2, 0.25) is 5.91 Å². The largest absolute Gasteiger partial charge is 0.496 e. The van der Waals surface area contributed by atoms with E-state index in [1.807, 2.05) is 12.3 Å². The van der Waals surface area contributed by atoms with Gasteiger partial charge in [-0.3, -0.25) is 9.69 Å². The molecule has 1 fully saturated rings. The lowest BCUT2D eigenvalue weighted by Gasteiger charge is -2.31. The minimum absolute atomic E-state index is 0.0186. The van der Waals surface area contributed by atoms with E-state index in [2.05, 4.69) is 52.8 Å². The smallest absolute Gasteiger partial charge is 0.226 e. The van der Waals surface area contributed by atoms with Crippen LogP contribution < -0.4 is 10.1 Å². The second-order valence-electron chi connectivity index (χ2n) is 8.77. The Hall–Kier alpha value is -2.38. The Balaban J connectivity index is 1.66. The molecule has 3 heterocycles. The summed E-state index contributed by atoms with van der Waals surface area (Å²) in [5, 5.41) is 7.86. The van der Waals surface area contributed by atoms with Crippen molar-refractivity contribution in [3.05, 3.63) is 41.1 Å². The van der Waals surface area contributed by atoms with Crippen molar-refractivity contribution >= 4 is 11.7 Å². The van der Waals surface area contributed by atoms with Crippen molar-refractivity contribution in [2.24, 2.45) is 0 Å². The van der Waals surface area contributed by atoms with Crippen molar-refractivity contribution in [1.82, 2.24) is 19.6 Å². The fourth-order valence-electron chi connectivity index (χ4n) is 4.88. The number of carbonyl (C=O) groups is 1. The number of nitrogens with one attached hydrogen (secondary N) is 1. The van der Waals surface area contributed by atoms with Gasteiger partial charge in [0.05, 0.1) is 19.3 Å². The van der Waals surface area contributed by atoms with Crippen molar-refractivity contribution in [3.63, 3.8) is 0 Å². The van der Waals surface area contributed by atoms with Crippen LogP contribution in [0.15, 0.2) is 24.4 Å². The normalized spacial score (nSPS) is 20.0. The Morgan fingerprint density at radius 2 is 1.97 bits per heavy atom. The van der Waals surface area contributed by atoms with Gasteiger partial charge in [-0.25, -0.2) is 4.68 Å². The molecule has 4 rings (SSSR count). The quantitative estimate of drug-likeness (QED) is 0.736. The van der Waals surface area contributed by atoms with Crippen LogP contribution in [0, 0.1) is 0 Å². The molecule has 1 saturated heterocycles. The van der Waals surface area contributed by atoms with E-state index < -0.39 is 0 Å². The molecule has 31 heavy (non-hydrogen) atoms. The standard InChI is InChI=1S/C24H35N5O2/c1-5-28(6-2)16-18-13-17(7-8-22(18)31-4)20-14-23(30)26-24-21(20)15-25-29(24)19-9-11-27(3)12-10-19/h7-8,13,15,19-20H,5-6,9-12,14,16H2,1-4H3,(H,26,30). The lowest BCUT2D eigenvalue weighted by molar-refractivity contribution is -0.116. The second-order valence-corrected chi connectivity index (χ2v) is 8.77. The van der Waals surface area contributed by atoms with E-state index >= 15 is 0 Å². The van der Waals surface area contributed by atoms with Crippen LogP contribution in [0.2, 0.25) is 0 Å². The van der Waals surface area contributed by atoms with Crippen molar-refractivity contribution in [2.75, 3.05) is 45.7 Å². The van der Waals surface area contributed by atoms with Crippen molar-refractivity contribution < 1.29 is 9.53 Å². The van der Waals surface area contributed by atoms with Gasteiger partial charge < -0.3 is 15.0 Å². The summed E-state index contributed by atoms with van der Waals surface area (Å²) < 4.78 is 7.70. The van der Waals surface area contributed by atoms with Gasteiger partial charge in [-0.1, -0.05) is 26.0 Å². The summed E-state index contributed by atoms with van der Waals surface area (Å²) >= 11 is 0. The molecule has 0 aliphatic carbocycles. The number of ether oxygens (including phenoxy) is 1. The molecule has 1 aromatic heterocycles. The molecule has 2 aromatic rings. The van der Waals surface area contributed by atoms with Crippen LogP contribution in [0.4, 0.5) is 5.82 Å². The third kappa shape index (κ3) is 4.48. The SMILES string of the molecule is CCN(CC)Cc1cc(C2CC(=O)Nc3c2cnn3C2CCN(C)CC2)ccc1OC. The third-order valence-electron chi connectivity index (χ3n) is 6.88. The summed E-state index contributed by atoms with van der Waals surface area (Å²) in [4.78, 5) is 17.4. The Morgan fingerprint density at radius 3 is 2.65 bits per heavy atom. The number of aromatic nitrogens is 2. The molecule has 2 aliphatic rings. The molecule has 1 aromatic carbocycles. The van der Waals surface area contributed by atoms with Gasteiger partial charge in [-0.15, -0.1) is 0 Å². The van der Waals surface area contributed by atoms with Crippen LogP contribution in [-0.4, -0.2) is 65.8 Å². The number of piperidine rings is 1. The Kier molecular flexibility index (Phi) is 6.62. The first kappa shape index (κ1) is 21.8. The fourth-order valence-corrected chi connectivity index (χ4v) is 4.88. The number of hydrogen-bond acceptors (Lipinski definition) is 5. The van der Waals surface area contributed by atoms with Gasteiger partial charge >= 0.3 is 0 Å². The summed E-state index contributed by atoms with van der Waals surface area (Å²) in [6.45, 7) is 9.29. The number of fused-ring (bicyclic) bond motifs is 1. The molecule has 1 amide bonds. The molecular formula is C24H35N5O2. The number of hydrogen-bond donors (Lipinski definition) is 1. The molecule has 2 aliphatic heterocycles. The number of carbonyl (C=O) groups excluding carboxylic acids is 1. The lowest BCUT2D eigenvalue weighted by atomic mass is 9.86. The summed E-state index contributed by atoms with van der Waals surface area (Å²) in [6.07, 6.45) is 4.53. The van der Waals surface area contributed by atoms with Crippen molar-refractivity contribution in [3.8, 4) is 5.75 Å². The Labute approximate surface area is 185 Å². The predicted octanol–water partition coefficient (Wildman–Crippen LogP) is 3.47. The number of anilines is 1. The lowest BCUT2D eigenvalue weighted by Crippen LogP contribution is -2.33. The van der Waals surface area contributed by atoms with Gasteiger partial charge in [-0.05, 0) is 57.7 Å². The molecule has 1 N–H and O–H groups in total. The van der Waals surface area contributed by atoms with Gasteiger partial charge in [0, 0.05) is 30.0 Å². The number of methoxy groups -OCH3 is 1. The first-order valence-electron chi connectivity index (χ1n) is 11.5. The molecule has 0 spiro atoms. The van der Waals surface area contributed by atoms with Crippen molar-refractivity contribution in [2.45, 2.75) is 51.6 Å². The number of nitrogens with zero attached hydrogens (tertiary/aromatic N) is 4. The summed E-state index contributed by atoms with van der Waals surface area (Å²) in [6, 6.07) is 6.71. The van der Waals surface area contributed by atoms with Crippen LogP contribution in [-0.2, 0) is 11.3 Å². The molecule has 0 radical (unpaired) electrons. The number of rotatable bonds is 7. The number of benzene rings is 1. The highest BCUT2D eigenvalue weighted by Crippen LogP contribution is 2.40. The van der Waals surface area contributed by atoms with Gasteiger partial charge in [-0.2, -0.15) is 5.10 Å². The highest BCUT2D eigenvalue weighted by Gasteiger charge is 2.32. The minimum Gasteiger partial charge on any atom is -0.496 e. The molecule has 168 valence electrons. The topological polar surface area (TPSA) is 62.6 Å². The first-order chi connectivity index (χ1) is 15.0. The fraction of sp³-hybridized carbons (Fsp3) is 0.583. The van der Waals surface area contributed by atoms with Crippen LogP contribution in [0.1, 0.15) is 61.8 Å². The highest BCUT2D eigenvalue weighted by molar-refractivity contribution is 5.94. The van der Waals surface area contributed by atoms with Crippen molar-refractivity contribution in [1.29, 1.82) is 0 Å². The maximum Gasteiger partial charge on any atom is 0.226 e. The zero-order valence-corrected chi connectivity index (χ0v) is 19.2. The number of amides is 1.